The van der Waals surface area contributed by atoms with E-state index in [1.54, 1.807) is 24.5 Å². The van der Waals surface area contributed by atoms with Crippen molar-refractivity contribution in [3.63, 3.8) is 0 Å². The Hall–Kier alpha value is -3.94. The van der Waals surface area contributed by atoms with E-state index in [4.69, 9.17) is 0 Å². The van der Waals surface area contributed by atoms with Gasteiger partial charge in [0, 0.05) is 42.1 Å². The molecule has 0 saturated heterocycles. The second-order valence-corrected chi connectivity index (χ2v) is 7.99. The monoisotopic (exact) mass is 429 g/mol. The van der Waals surface area contributed by atoms with Crippen LogP contribution in [0.4, 0.5) is 15.0 Å². The van der Waals surface area contributed by atoms with Crippen LogP contribution in [0.25, 0.3) is 0 Å². The molecule has 160 valence electrons. The highest BCUT2D eigenvalue weighted by atomic mass is 19.1. The summed E-state index contributed by atoms with van der Waals surface area (Å²) in [5.41, 5.74) is 5.98. The number of Topliss-reactive ketones (excluding diaryl/α,β-unsaturated/α-hetero) is 1. The summed E-state index contributed by atoms with van der Waals surface area (Å²) < 4.78 is 13.7. The molecule has 1 aliphatic heterocycles. The molecule has 7 nitrogen and oxygen atoms in total. The minimum Gasteiger partial charge on any atom is -0.331 e. The van der Waals surface area contributed by atoms with E-state index < -0.39 is 17.9 Å². The van der Waals surface area contributed by atoms with Crippen molar-refractivity contribution in [3.05, 3.63) is 88.1 Å². The third kappa shape index (κ3) is 3.87. The summed E-state index contributed by atoms with van der Waals surface area (Å²) in [4.78, 5) is 37.9. The summed E-state index contributed by atoms with van der Waals surface area (Å²) in [6, 6.07) is 8.88. The minimum atomic E-state index is -0.582. The second-order valence-electron chi connectivity index (χ2n) is 7.99. The van der Waals surface area contributed by atoms with E-state index in [1.165, 1.54) is 12.1 Å². The second kappa shape index (κ2) is 7.96. The van der Waals surface area contributed by atoms with Gasteiger partial charge in [0.25, 0.3) is 0 Å². The van der Waals surface area contributed by atoms with Gasteiger partial charge in [-0.3, -0.25) is 20.1 Å². The topological polar surface area (TPSA) is 96.3 Å². The lowest BCUT2D eigenvalue weighted by molar-refractivity contribution is -0.119. The number of hydrogen-bond donors (Lipinski definition) is 2. The van der Waals surface area contributed by atoms with Crippen LogP contribution >= 0.6 is 0 Å². The molecule has 1 atom stereocenters. The lowest BCUT2D eigenvalue weighted by Crippen LogP contribution is -2.36. The van der Waals surface area contributed by atoms with Crippen LogP contribution in [-0.4, -0.2) is 27.5 Å². The van der Waals surface area contributed by atoms with E-state index in [9.17, 15) is 14.0 Å². The Labute approximate surface area is 183 Å². The van der Waals surface area contributed by atoms with Crippen molar-refractivity contribution in [2.24, 2.45) is 4.99 Å². The van der Waals surface area contributed by atoms with Gasteiger partial charge in [0.15, 0.2) is 0 Å². The molecule has 0 bridgehead atoms. The van der Waals surface area contributed by atoms with Crippen molar-refractivity contribution in [1.82, 2.24) is 15.3 Å². The highest BCUT2D eigenvalue weighted by Gasteiger charge is 2.27. The standard InChI is InChI=1S/C24H20FN5O2/c1-13-6-15(4-5-26-13)23-20-12-27-22(8-16(20)11-28-23)30-24(32)29-21-10-18(31)7-14-2-3-17(25)9-19(14)21/h2-6,8-9,12,21H,7,10-11H2,1H3,(H2,27,29,30,32). The Bertz CT molecular complexity index is 1290. The number of aromatic nitrogens is 2. The average Bonchev–Trinajstić information content (AvgIpc) is 3.17. The van der Waals surface area contributed by atoms with Gasteiger partial charge in [-0.1, -0.05) is 6.07 Å². The smallest absolute Gasteiger partial charge is 0.320 e. The molecule has 2 N–H and O–H groups in total. The number of nitrogens with one attached hydrogen (secondary N) is 2. The molecule has 0 radical (unpaired) electrons. The molecule has 2 aromatic heterocycles. The zero-order valence-electron chi connectivity index (χ0n) is 17.4. The summed E-state index contributed by atoms with van der Waals surface area (Å²) in [6.45, 7) is 2.42. The molecule has 1 aliphatic carbocycles. The zero-order chi connectivity index (χ0) is 22.2. The number of rotatable bonds is 3. The lowest BCUT2D eigenvalue weighted by Gasteiger charge is -2.25. The minimum absolute atomic E-state index is 0.00101. The van der Waals surface area contributed by atoms with Crippen LogP contribution in [0.1, 0.15) is 46.0 Å². The maximum Gasteiger partial charge on any atom is 0.320 e. The number of hydrogen-bond acceptors (Lipinski definition) is 5. The SMILES string of the molecule is Cc1cc(C2=NCc3cc(NC(=O)NC4CC(=O)Cc5ccc(F)cc54)ncc32)ccn1. The van der Waals surface area contributed by atoms with Crippen LogP contribution in [0.15, 0.2) is 53.8 Å². The first-order valence-corrected chi connectivity index (χ1v) is 10.3. The lowest BCUT2D eigenvalue weighted by atomic mass is 9.87. The number of carbonyl (C=O) groups is 2. The first-order chi connectivity index (χ1) is 15.5. The largest absolute Gasteiger partial charge is 0.331 e. The number of amides is 2. The number of pyridine rings is 2. The highest BCUT2D eigenvalue weighted by Crippen LogP contribution is 2.29. The molecule has 8 heteroatoms. The van der Waals surface area contributed by atoms with Crippen LogP contribution in [0.5, 0.6) is 0 Å². The van der Waals surface area contributed by atoms with Gasteiger partial charge >= 0.3 is 6.03 Å². The van der Waals surface area contributed by atoms with Gasteiger partial charge in [-0.05, 0) is 53.9 Å². The summed E-state index contributed by atoms with van der Waals surface area (Å²) >= 11 is 0. The van der Waals surface area contributed by atoms with Gasteiger partial charge in [-0.2, -0.15) is 0 Å². The number of aryl methyl sites for hydroxylation is 1. The van der Waals surface area contributed by atoms with Gasteiger partial charge < -0.3 is 5.32 Å². The number of benzene rings is 1. The van der Waals surface area contributed by atoms with Crippen LogP contribution in [0.2, 0.25) is 0 Å². The van der Waals surface area contributed by atoms with Gasteiger partial charge in [0.05, 0.1) is 18.3 Å². The molecule has 32 heavy (non-hydrogen) atoms. The molecule has 1 unspecified atom stereocenters. The fourth-order valence-electron chi connectivity index (χ4n) is 4.21. The predicted molar refractivity (Wildman–Crippen MR) is 117 cm³/mol. The number of fused-ring (bicyclic) bond motifs is 2. The zero-order valence-corrected chi connectivity index (χ0v) is 17.4. The molecule has 5 rings (SSSR count). The predicted octanol–water partition coefficient (Wildman–Crippen LogP) is 3.65. The van der Waals surface area contributed by atoms with Crippen molar-refractivity contribution in [2.75, 3.05) is 5.32 Å². The van der Waals surface area contributed by atoms with E-state index >= 15 is 0 Å². The highest BCUT2D eigenvalue weighted by molar-refractivity contribution is 6.15. The first kappa shape index (κ1) is 20.0. The molecule has 0 saturated carbocycles. The molecular weight excluding hydrogens is 409 g/mol. The fraction of sp³-hybridized carbons (Fsp3) is 0.208. The third-order valence-electron chi connectivity index (χ3n) is 5.67. The maximum absolute atomic E-state index is 13.7. The van der Waals surface area contributed by atoms with Crippen molar-refractivity contribution in [2.45, 2.75) is 32.4 Å². The number of halogens is 1. The Kier molecular flexibility index (Phi) is 4.97. The third-order valence-corrected chi connectivity index (χ3v) is 5.67. The number of ketones is 1. The molecule has 1 aromatic carbocycles. The van der Waals surface area contributed by atoms with E-state index in [1.807, 2.05) is 19.1 Å². The summed E-state index contributed by atoms with van der Waals surface area (Å²) in [6.07, 6.45) is 3.82. The molecule has 3 aromatic rings. The Morgan fingerprint density at radius 3 is 2.84 bits per heavy atom. The number of anilines is 1. The number of nitrogens with zero attached hydrogens (tertiary/aromatic N) is 3. The number of urea groups is 1. The molecule has 2 aliphatic rings. The quantitative estimate of drug-likeness (QED) is 0.664. The van der Waals surface area contributed by atoms with E-state index in [2.05, 4.69) is 25.6 Å². The van der Waals surface area contributed by atoms with E-state index in [0.29, 0.717) is 17.9 Å². The summed E-state index contributed by atoms with van der Waals surface area (Å²) in [5, 5.41) is 5.49. The molecule has 0 fully saturated rings. The normalized spacial score (nSPS) is 16.8. The Balaban J connectivity index is 1.31. The fourth-order valence-corrected chi connectivity index (χ4v) is 4.21. The van der Waals surface area contributed by atoms with Gasteiger partial charge in [0.1, 0.15) is 17.4 Å². The van der Waals surface area contributed by atoms with Crippen LogP contribution in [-0.2, 0) is 17.8 Å². The van der Waals surface area contributed by atoms with Gasteiger partial charge in [0.2, 0.25) is 0 Å². The summed E-state index contributed by atoms with van der Waals surface area (Å²) in [7, 11) is 0. The molecule has 0 spiro atoms. The first-order valence-electron chi connectivity index (χ1n) is 10.3. The average molecular weight is 429 g/mol. The number of aliphatic imine (C=N–C) groups is 1. The summed E-state index contributed by atoms with van der Waals surface area (Å²) in [5.74, 6) is -0.0166. The van der Waals surface area contributed by atoms with Crippen LogP contribution in [0, 0.1) is 12.7 Å². The Morgan fingerprint density at radius 2 is 2.00 bits per heavy atom. The van der Waals surface area contributed by atoms with Crippen molar-refractivity contribution in [3.8, 4) is 0 Å². The molecule has 2 amide bonds. The molecular formula is C24H20FN5O2. The number of carbonyl (C=O) groups excluding carboxylic acids is 2. The van der Waals surface area contributed by atoms with Crippen molar-refractivity contribution >= 4 is 23.3 Å². The van der Waals surface area contributed by atoms with E-state index in [0.717, 1.165) is 33.7 Å². The van der Waals surface area contributed by atoms with Gasteiger partial charge in [-0.15, -0.1) is 0 Å². The molecule has 3 heterocycles. The van der Waals surface area contributed by atoms with Crippen LogP contribution in [0.3, 0.4) is 0 Å². The van der Waals surface area contributed by atoms with Crippen molar-refractivity contribution < 1.29 is 14.0 Å². The van der Waals surface area contributed by atoms with Crippen LogP contribution < -0.4 is 10.6 Å². The maximum atomic E-state index is 13.7. The van der Waals surface area contributed by atoms with Crippen molar-refractivity contribution in [1.29, 1.82) is 0 Å². The Morgan fingerprint density at radius 1 is 1.12 bits per heavy atom. The van der Waals surface area contributed by atoms with E-state index in [-0.39, 0.29) is 18.6 Å². The van der Waals surface area contributed by atoms with Gasteiger partial charge in [-0.25, -0.2) is 14.2 Å².